The Morgan fingerprint density at radius 2 is 1.82 bits per heavy atom. The second-order valence-electron chi connectivity index (χ2n) is 10.3. The summed E-state index contributed by atoms with van der Waals surface area (Å²) in [7, 11) is 0. The van der Waals surface area contributed by atoms with Gasteiger partial charge in [0.1, 0.15) is 35.5 Å². The van der Waals surface area contributed by atoms with Gasteiger partial charge in [0, 0.05) is 48.4 Å². The highest BCUT2D eigenvalue weighted by Gasteiger charge is 2.41. The topological polar surface area (TPSA) is 114 Å². The summed E-state index contributed by atoms with van der Waals surface area (Å²) >= 11 is 0. The van der Waals surface area contributed by atoms with Crippen LogP contribution in [-0.4, -0.2) is 63.9 Å². The second kappa shape index (κ2) is 10.9. The number of aryl methyl sites for hydroxylation is 2. The summed E-state index contributed by atoms with van der Waals surface area (Å²) in [5.41, 5.74) is 4.17. The first-order chi connectivity index (χ1) is 19.5. The molecule has 2 aliphatic rings. The maximum Gasteiger partial charge on any atom is 0.289 e. The van der Waals surface area contributed by atoms with Gasteiger partial charge in [-0.2, -0.15) is 0 Å². The Morgan fingerprint density at radius 1 is 1.00 bits per heavy atom. The maximum atomic E-state index is 10.8. The zero-order valence-electron chi connectivity index (χ0n) is 22.6. The highest BCUT2D eigenvalue weighted by Crippen LogP contribution is 2.33. The summed E-state index contributed by atoms with van der Waals surface area (Å²) < 4.78 is 12.3. The molecule has 2 aliphatic heterocycles. The van der Waals surface area contributed by atoms with Crippen molar-refractivity contribution in [2.24, 2.45) is 4.99 Å². The van der Waals surface area contributed by atoms with Gasteiger partial charge in [0.15, 0.2) is 0 Å². The molecular formula is C30H31N7O3. The minimum absolute atomic E-state index is 0.294. The Bertz CT molecular complexity index is 1560. The second-order valence-corrected chi connectivity index (χ2v) is 10.3. The third-order valence-electron chi connectivity index (χ3n) is 7.36. The number of nitrogens with one attached hydrogen (secondary N) is 2. The van der Waals surface area contributed by atoms with Gasteiger partial charge in [-0.15, -0.1) is 0 Å². The van der Waals surface area contributed by atoms with Crippen LogP contribution in [0.3, 0.4) is 0 Å². The fourth-order valence-electron chi connectivity index (χ4n) is 5.04. The summed E-state index contributed by atoms with van der Waals surface area (Å²) in [6.07, 6.45) is 5.93. The number of pyridine rings is 1. The molecule has 2 N–H and O–H groups in total. The lowest BCUT2D eigenvalue weighted by Crippen LogP contribution is -2.47. The lowest BCUT2D eigenvalue weighted by molar-refractivity contribution is -0.109. The lowest BCUT2D eigenvalue weighted by atomic mass is 9.92. The molecule has 4 heterocycles. The quantitative estimate of drug-likeness (QED) is 0.314. The molecule has 0 amide bonds. The molecule has 10 nitrogen and oxygen atoms in total. The largest absolute Gasteiger partial charge is 0.456 e. The molecule has 0 aliphatic carbocycles. The molecule has 0 bridgehead atoms. The van der Waals surface area contributed by atoms with Crippen molar-refractivity contribution in [1.29, 1.82) is 0 Å². The maximum absolute atomic E-state index is 10.8. The van der Waals surface area contributed by atoms with E-state index in [-0.39, 0.29) is 5.60 Å². The highest BCUT2D eigenvalue weighted by molar-refractivity contribution is 5.97. The van der Waals surface area contributed by atoms with Crippen LogP contribution in [0.2, 0.25) is 0 Å². The van der Waals surface area contributed by atoms with E-state index in [2.05, 4.69) is 35.5 Å². The van der Waals surface area contributed by atoms with E-state index in [1.54, 1.807) is 12.5 Å². The fourth-order valence-corrected chi connectivity index (χ4v) is 5.04. The molecule has 2 aromatic heterocycles. The van der Waals surface area contributed by atoms with Crippen LogP contribution in [0.1, 0.15) is 24.1 Å². The normalized spacial score (nSPS) is 16.4. The van der Waals surface area contributed by atoms with E-state index < -0.39 is 0 Å². The summed E-state index contributed by atoms with van der Waals surface area (Å²) in [5, 5.41) is 7.63. The first-order valence-corrected chi connectivity index (χ1v) is 13.4. The Hall–Kier alpha value is -4.57. The number of aldehydes is 1. The predicted molar refractivity (Wildman–Crippen MR) is 155 cm³/mol. The van der Waals surface area contributed by atoms with E-state index in [1.165, 1.54) is 0 Å². The first kappa shape index (κ1) is 25.7. The third kappa shape index (κ3) is 5.57. The molecule has 6 rings (SSSR count). The highest BCUT2D eigenvalue weighted by atomic mass is 16.5. The molecule has 40 heavy (non-hydrogen) atoms. The number of carbonyl (C=O) groups excluding carboxylic acids is 1. The van der Waals surface area contributed by atoms with Crippen molar-refractivity contribution in [2.75, 3.05) is 36.8 Å². The zero-order valence-corrected chi connectivity index (χ0v) is 22.6. The number of benzene rings is 2. The van der Waals surface area contributed by atoms with Gasteiger partial charge in [-0.3, -0.25) is 9.88 Å². The molecule has 4 aromatic rings. The van der Waals surface area contributed by atoms with E-state index >= 15 is 0 Å². The van der Waals surface area contributed by atoms with E-state index in [0.29, 0.717) is 30.7 Å². The molecule has 0 unspecified atom stereocenters. The van der Waals surface area contributed by atoms with E-state index in [4.69, 9.17) is 9.47 Å². The molecule has 0 radical (unpaired) electrons. The predicted octanol–water partition coefficient (Wildman–Crippen LogP) is 5.01. The minimum Gasteiger partial charge on any atom is -0.456 e. The van der Waals surface area contributed by atoms with E-state index in [1.807, 2.05) is 62.4 Å². The number of fused-ring (bicyclic) bond motifs is 1. The summed E-state index contributed by atoms with van der Waals surface area (Å²) in [5.74, 6) is 2.15. The number of piperidine rings is 1. The number of aromatic nitrogens is 3. The number of ether oxygens (including phenoxy) is 2. The number of likely N-dealkylation sites (tertiary alicyclic amines) is 1. The van der Waals surface area contributed by atoms with Gasteiger partial charge in [0.2, 0.25) is 0 Å². The van der Waals surface area contributed by atoms with Gasteiger partial charge in [-0.25, -0.2) is 15.0 Å². The fraction of sp³-hybridized carbons (Fsp3) is 0.300. The van der Waals surface area contributed by atoms with Crippen LogP contribution in [0.25, 0.3) is 10.9 Å². The van der Waals surface area contributed by atoms with Crippen LogP contribution < -0.4 is 15.4 Å². The van der Waals surface area contributed by atoms with Crippen LogP contribution in [0.5, 0.6) is 11.5 Å². The first-order valence-electron chi connectivity index (χ1n) is 13.4. The molecule has 204 valence electrons. The van der Waals surface area contributed by atoms with E-state index in [0.717, 1.165) is 71.5 Å². The number of nitrogens with zero attached hydrogens (tertiary/aromatic N) is 5. The van der Waals surface area contributed by atoms with Gasteiger partial charge < -0.3 is 24.9 Å². The van der Waals surface area contributed by atoms with Crippen molar-refractivity contribution in [3.05, 3.63) is 72.3 Å². The average Bonchev–Trinajstić information content (AvgIpc) is 3.35. The van der Waals surface area contributed by atoms with Crippen molar-refractivity contribution >= 4 is 40.4 Å². The van der Waals surface area contributed by atoms with Crippen molar-refractivity contribution in [3.63, 3.8) is 0 Å². The zero-order chi connectivity index (χ0) is 27.5. The Labute approximate surface area is 232 Å². The van der Waals surface area contributed by atoms with Crippen molar-refractivity contribution < 1.29 is 14.3 Å². The number of hydrogen-bond donors (Lipinski definition) is 2. The Balaban J connectivity index is 1.15. The number of hydrogen-bond acceptors (Lipinski definition) is 10. The number of anilines is 3. The standard InChI is InChI=1S/C30H31N7O3/c1-20-15-22(5-8-27(20)39-24-6-3-21(2)31-17-24)35-28-25-16-23(4-7-26(25)33-19-34-28)36-29-32-18-30(40-29)9-11-37(12-10-30)13-14-38/h3-8,14-17,19H,9-13,18H2,1-2H3,(H,32,36)(H,33,34,35). The van der Waals surface area contributed by atoms with Gasteiger partial charge in [-0.05, 0) is 67.9 Å². The van der Waals surface area contributed by atoms with Crippen molar-refractivity contribution in [1.82, 2.24) is 19.9 Å². The third-order valence-corrected chi connectivity index (χ3v) is 7.36. The van der Waals surface area contributed by atoms with Gasteiger partial charge in [0.05, 0.1) is 24.8 Å². The van der Waals surface area contributed by atoms with Crippen LogP contribution >= 0.6 is 0 Å². The molecule has 2 aromatic carbocycles. The molecular weight excluding hydrogens is 506 g/mol. The summed E-state index contributed by atoms with van der Waals surface area (Å²) in [6.45, 7) is 6.70. The smallest absolute Gasteiger partial charge is 0.289 e. The summed E-state index contributed by atoms with van der Waals surface area (Å²) in [4.78, 5) is 30.9. The number of amidine groups is 1. The molecule has 1 saturated heterocycles. The molecule has 0 atom stereocenters. The van der Waals surface area contributed by atoms with Gasteiger partial charge >= 0.3 is 0 Å². The van der Waals surface area contributed by atoms with E-state index in [9.17, 15) is 4.79 Å². The number of carbonyl (C=O) groups is 1. The van der Waals surface area contributed by atoms with Crippen LogP contribution in [0.15, 0.2) is 66.0 Å². The number of aliphatic imine (C=N–C) groups is 1. The molecule has 1 spiro atoms. The lowest BCUT2D eigenvalue weighted by Gasteiger charge is -2.37. The molecule has 0 saturated carbocycles. The average molecular weight is 538 g/mol. The summed E-state index contributed by atoms with van der Waals surface area (Å²) in [6, 6.07) is 16.2. The monoisotopic (exact) mass is 537 g/mol. The van der Waals surface area contributed by atoms with Crippen LogP contribution in [-0.2, 0) is 9.53 Å². The minimum atomic E-state index is -0.294. The number of rotatable bonds is 7. The van der Waals surface area contributed by atoms with Crippen molar-refractivity contribution in [2.45, 2.75) is 32.3 Å². The van der Waals surface area contributed by atoms with Crippen LogP contribution in [0.4, 0.5) is 17.2 Å². The Kier molecular flexibility index (Phi) is 7.00. The van der Waals surface area contributed by atoms with Crippen LogP contribution in [0, 0.1) is 13.8 Å². The SMILES string of the molecule is Cc1ccc(Oc2ccc(Nc3ncnc4ccc(NC5=NCC6(CCN(CC=O)CC6)O5)cc34)cc2C)cn1. The molecule has 1 fully saturated rings. The van der Waals surface area contributed by atoms with Crippen molar-refractivity contribution in [3.8, 4) is 11.5 Å². The van der Waals surface area contributed by atoms with Gasteiger partial charge in [-0.1, -0.05) is 0 Å². The molecule has 10 heteroatoms. The Morgan fingerprint density at radius 3 is 2.60 bits per heavy atom. The van der Waals surface area contributed by atoms with Gasteiger partial charge in [0.25, 0.3) is 6.02 Å².